The number of ether oxygens (including phenoxy) is 1. The maximum atomic E-state index is 12.8. The highest BCUT2D eigenvalue weighted by molar-refractivity contribution is 7.89. The first-order valence-corrected chi connectivity index (χ1v) is 10.5. The van der Waals surface area contributed by atoms with Crippen molar-refractivity contribution in [1.82, 2.24) is 9.21 Å². The fourth-order valence-electron chi connectivity index (χ4n) is 3.60. The third kappa shape index (κ3) is 3.69. The number of sulfonamides is 1. The lowest BCUT2D eigenvalue weighted by molar-refractivity contribution is 0.181. The summed E-state index contributed by atoms with van der Waals surface area (Å²) in [5, 5.41) is 9.00. The first kappa shape index (κ1) is 18.0. The molecule has 2 aliphatic heterocycles. The highest BCUT2D eigenvalue weighted by atomic mass is 32.2. The van der Waals surface area contributed by atoms with Crippen molar-refractivity contribution >= 4 is 10.0 Å². The average molecular weight is 383 g/mol. The van der Waals surface area contributed by atoms with Gasteiger partial charge in [-0.1, -0.05) is 18.2 Å². The second-order valence-corrected chi connectivity index (χ2v) is 8.80. The van der Waals surface area contributed by atoms with E-state index in [2.05, 4.69) is 17.0 Å². The van der Waals surface area contributed by atoms with Crippen LogP contribution in [0.4, 0.5) is 0 Å². The number of hydrogen-bond donors (Lipinski definition) is 0. The number of piperazine rings is 1. The van der Waals surface area contributed by atoms with Crippen molar-refractivity contribution in [3.8, 4) is 11.8 Å². The third-order valence-electron chi connectivity index (χ3n) is 5.09. The van der Waals surface area contributed by atoms with Gasteiger partial charge >= 0.3 is 0 Å². The number of benzene rings is 2. The van der Waals surface area contributed by atoms with Gasteiger partial charge < -0.3 is 4.74 Å². The minimum Gasteiger partial charge on any atom is -0.493 e. The van der Waals surface area contributed by atoms with E-state index in [0.717, 1.165) is 25.3 Å². The van der Waals surface area contributed by atoms with Gasteiger partial charge in [-0.15, -0.1) is 0 Å². The SMILES string of the molecule is N#Cc1cccc(S(=O)(=O)N2CCN(Cc3ccc4c(c3)CCO4)CC2)c1. The van der Waals surface area contributed by atoms with E-state index in [9.17, 15) is 8.42 Å². The maximum Gasteiger partial charge on any atom is 0.243 e. The molecule has 0 spiro atoms. The van der Waals surface area contributed by atoms with Crippen LogP contribution in [-0.4, -0.2) is 50.4 Å². The zero-order valence-electron chi connectivity index (χ0n) is 15.0. The fraction of sp³-hybridized carbons (Fsp3) is 0.350. The third-order valence-corrected chi connectivity index (χ3v) is 6.99. The van der Waals surface area contributed by atoms with E-state index in [1.54, 1.807) is 18.2 Å². The number of hydrogen-bond acceptors (Lipinski definition) is 5. The van der Waals surface area contributed by atoms with Crippen LogP contribution in [0.5, 0.6) is 5.75 Å². The van der Waals surface area contributed by atoms with Crippen molar-refractivity contribution in [2.45, 2.75) is 17.9 Å². The molecule has 140 valence electrons. The van der Waals surface area contributed by atoms with Gasteiger partial charge in [0.1, 0.15) is 5.75 Å². The van der Waals surface area contributed by atoms with Crippen molar-refractivity contribution in [2.75, 3.05) is 32.8 Å². The van der Waals surface area contributed by atoms with Crippen LogP contribution in [0.15, 0.2) is 47.4 Å². The van der Waals surface area contributed by atoms with E-state index in [-0.39, 0.29) is 4.90 Å². The van der Waals surface area contributed by atoms with Gasteiger partial charge in [0.25, 0.3) is 0 Å². The molecule has 1 saturated heterocycles. The summed E-state index contributed by atoms with van der Waals surface area (Å²) in [6, 6.07) is 14.5. The van der Waals surface area contributed by atoms with Gasteiger partial charge in [-0.25, -0.2) is 8.42 Å². The number of nitrogens with zero attached hydrogens (tertiary/aromatic N) is 3. The molecule has 0 bridgehead atoms. The van der Waals surface area contributed by atoms with Gasteiger partial charge in [-0.2, -0.15) is 9.57 Å². The van der Waals surface area contributed by atoms with Crippen LogP contribution in [0.25, 0.3) is 0 Å². The summed E-state index contributed by atoms with van der Waals surface area (Å²) in [5.41, 5.74) is 2.85. The normalized spacial score (nSPS) is 17.9. The summed E-state index contributed by atoms with van der Waals surface area (Å²) < 4.78 is 32.7. The first-order valence-electron chi connectivity index (χ1n) is 9.03. The molecule has 0 N–H and O–H groups in total. The van der Waals surface area contributed by atoms with Crippen LogP contribution in [0.2, 0.25) is 0 Å². The molecule has 4 rings (SSSR count). The molecule has 0 atom stereocenters. The summed E-state index contributed by atoms with van der Waals surface area (Å²) in [5.74, 6) is 0.981. The van der Waals surface area contributed by atoms with Crippen LogP contribution < -0.4 is 4.74 Å². The molecular formula is C20H21N3O3S. The van der Waals surface area contributed by atoms with E-state index >= 15 is 0 Å². The molecule has 0 radical (unpaired) electrons. The Balaban J connectivity index is 1.40. The van der Waals surface area contributed by atoms with E-state index in [1.165, 1.54) is 21.5 Å². The summed E-state index contributed by atoms with van der Waals surface area (Å²) in [7, 11) is -3.56. The highest BCUT2D eigenvalue weighted by Gasteiger charge is 2.28. The average Bonchev–Trinajstić information content (AvgIpc) is 3.16. The lowest BCUT2D eigenvalue weighted by atomic mass is 10.1. The Hall–Kier alpha value is -2.40. The highest BCUT2D eigenvalue weighted by Crippen LogP contribution is 2.27. The van der Waals surface area contributed by atoms with Crippen LogP contribution >= 0.6 is 0 Å². The smallest absolute Gasteiger partial charge is 0.243 e. The number of fused-ring (bicyclic) bond motifs is 1. The zero-order chi connectivity index (χ0) is 18.9. The fourth-order valence-corrected chi connectivity index (χ4v) is 5.07. The molecule has 0 aliphatic carbocycles. The van der Waals surface area contributed by atoms with E-state index in [4.69, 9.17) is 10.00 Å². The first-order chi connectivity index (χ1) is 13.1. The Morgan fingerprint density at radius 3 is 2.67 bits per heavy atom. The lowest BCUT2D eigenvalue weighted by Gasteiger charge is -2.34. The summed E-state index contributed by atoms with van der Waals surface area (Å²) >= 11 is 0. The predicted octanol–water partition coefficient (Wildman–Crippen LogP) is 2.00. The van der Waals surface area contributed by atoms with Gasteiger partial charge in [0.05, 0.1) is 23.1 Å². The molecule has 2 aromatic carbocycles. The molecule has 0 amide bonds. The van der Waals surface area contributed by atoms with E-state index < -0.39 is 10.0 Å². The van der Waals surface area contributed by atoms with E-state index in [1.807, 2.05) is 12.1 Å². The summed E-state index contributed by atoms with van der Waals surface area (Å²) in [4.78, 5) is 2.46. The van der Waals surface area contributed by atoms with Crippen molar-refractivity contribution in [3.63, 3.8) is 0 Å². The molecule has 0 unspecified atom stereocenters. The molecule has 6 nitrogen and oxygen atoms in total. The van der Waals surface area contributed by atoms with Crippen molar-refractivity contribution in [2.24, 2.45) is 0 Å². The Kier molecular flexibility index (Phi) is 4.87. The topological polar surface area (TPSA) is 73.6 Å². The summed E-state index contributed by atoms with van der Waals surface area (Å²) in [6.45, 7) is 3.84. The predicted molar refractivity (Wildman–Crippen MR) is 101 cm³/mol. The Morgan fingerprint density at radius 1 is 1.07 bits per heavy atom. The van der Waals surface area contributed by atoms with Gasteiger partial charge in [-0.3, -0.25) is 4.90 Å². The minimum absolute atomic E-state index is 0.189. The molecule has 2 aliphatic rings. The molecule has 7 heteroatoms. The van der Waals surface area contributed by atoms with Crippen molar-refractivity contribution in [3.05, 3.63) is 59.2 Å². The van der Waals surface area contributed by atoms with Gasteiger partial charge in [0.15, 0.2) is 0 Å². The Labute approximate surface area is 159 Å². The molecule has 27 heavy (non-hydrogen) atoms. The van der Waals surface area contributed by atoms with Gasteiger partial charge in [-0.05, 0) is 35.4 Å². The lowest BCUT2D eigenvalue weighted by Crippen LogP contribution is -2.48. The Morgan fingerprint density at radius 2 is 1.89 bits per heavy atom. The number of rotatable bonds is 4. The monoisotopic (exact) mass is 383 g/mol. The van der Waals surface area contributed by atoms with Crippen molar-refractivity contribution < 1.29 is 13.2 Å². The van der Waals surface area contributed by atoms with E-state index in [0.29, 0.717) is 31.7 Å². The van der Waals surface area contributed by atoms with Crippen molar-refractivity contribution in [1.29, 1.82) is 5.26 Å². The molecule has 0 aromatic heterocycles. The van der Waals surface area contributed by atoms with Crippen LogP contribution in [0.3, 0.4) is 0 Å². The molecule has 0 saturated carbocycles. The number of nitriles is 1. The molecule has 1 fully saturated rings. The standard InChI is InChI=1S/C20H21N3O3S/c21-14-16-2-1-3-19(13-16)27(24,25)23-9-7-22(8-10-23)15-17-4-5-20-18(12-17)6-11-26-20/h1-5,12-13H,6-11,15H2. The van der Waals surface area contributed by atoms with Crippen LogP contribution in [-0.2, 0) is 23.0 Å². The second kappa shape index (κ2) is 7.31. The quantitative estimate of drug-likeness (QED) is 0.807. The molecule has 2 aromatic rings. The van der Waals surface area contributed by atoms with Crippen LogP contribution in [0, 0.1) is 11.3 Å². The zero-order valence-corrected chi connectivity index (χ0v) is 15.8. The largest absolute Gasteiger partial charge is 0.493 e. The van der Waals surface area contributed by atoms with Gasteiger partial charge in [0, 0.05) is 39.1 Å². The Bertz CT molecular complexity index is 990. The maximum absolute atomic E-state index is 12.8. The minimum atomic E-state index is -3.56. The molecular weight excluding hydrogens is 362 g/mol. The van der Waals surface area contributed by atoms with Crippen LogP contribution in [0.1, 0.15) is 16.7 Å². The van der Waals surface area contributed by atoms with Gasteiger partial charge in [0.2, 0.25) is 10.0 Å². The second-order valence-electron chi connectivity index (χ2n) is 6.86. The summed E-state index contributed by atoms with van der Waals surface area (Å²) in [6.07, 6.45) is 0.955. The molecule has 2 heterocycles.